The van der Waals surface area contributed by atoms with Crippen molar-refractivity contribution in [2.24, 2.45) is 0 Å². The number of hydrogen-bond donors (Lipinski definition) is 0. The first-order chi connectivity index (χ1) is 8.52. The first-order valence-corrected chi connectivity index (χ1v) is 6.03. The molecule has 0 saturated heterocycles. The van der Waals surface area contributed by atoms with Gasteiger partial charge in [-0.25, -0.2) is 4.39 Å². The van der Waals surface area contributed by atoms with Crippen molar-refractivity contribution in [2.75, 3.05) is 27.2 Å². The van der Waals surface area contributed by atoms with Gasteiger partial charge in [-0.05, 0) is 38.1 Å². The second kappa shape index (κ2) is 7.11. The molecule has 0 unspecified atom stereocenters. The molecule has 0 atom stereocenters. The van der Waals surface area contributed by atoms with Crippen molar-refractivity contribution in [3.05, 3.63) is 29.6 Å². The molecule has 4 heteroatoms. The number of hydrogen-bond acceptors (Lipinski definition) is 3. The van der Waals surface area contributed by atoms with E-state index in [1.54, 1.807) is 13.0 Å². The van der Waals surface area contributed by atoms with Gasteiger partial charge in [-0.15, -0.1) is 0 Å². The summed E-state index contributed by atoms with van der Waals surface area (Å²) in [4.78, 5) is 12.9. The molecule has 0 aliphatic rings. The minimum atomic E-state index is -0.332. The van der Waals surface area contributed by atoms with Crippen LogP contribution < -0.4 is 4.74 Å². The molecule has 0 amide bonds. The average molecular weight is 253 g/mol. The number of methoxy groups -OCH3 is 1. The second-order valence-corrected chi connectivity index (χ2v) is 4.47. The zero-order valence-corrected chi connectivity index (χ0v) is 11.2. The van der Waals surface area contributed by atoms with Crippen molar-refractivity contribution >= 4 is 5.78 Å². The van der Waals surface area contributed by atoms with Crippen molar-refractivity contribution in [3.63, 3.8) is 0 Å². The van der Waals surface area contributed by atoms with E-state index >= 15 is 0 Å². The van der Waals surface area contributed by atoms with Crippen molar-refractivity contribution in [1.29, 1.82) is 0 Å². The number of halogens is 1. The Morgan fingerprint density at radius 3 is 2.67 bits per heavy atom. The number of rotatable bonds is 7. The molecule has 0 aliphatic carbocycles. The average Bonchev–Trinajstić information content (AvgIpc) is 2.34. The van der Waals surface area contributed by atoms with E-state index in [0.29, 0.717) is 6.42 Å². The smallest absolute Gasteiger partial charge is 0.165 e. The monoisotopic (exact) mass is 253 g/mol. The van der Waals surface area contributed by atoms with E-state index in [9.17, 15) is 9.18 Å². The number of ether oxygens (including phenoxy) is 1. The van der Waals surface area contributed by atoms with Gasteiger partial charge in [0.1, 0.15) is 5.78 Å². The Bertz CT molecular complexity index is 407. The summed E-state index contributed by atoms with van der Waals surface area (Å²) in [6.07, 6.45) is 1.32. The van der Waals surface area contributed by atoms with Gasteiger partial charge in [0.15, 0.2) is 11.6 Å². The van der Waals surface area contributed by atoms with Gasteiger partial charge in [-0.1, -0.05) is 6.07 Å². The highest BCUT2D eigenvalue weighted by atomic mass is 19.1. The molecule has 3 nitrogen and oxygen atoms in total. The molecule has 0 bridgehead atoms. The molecule has 18 heavy (non-hydrogen) atoms. The largest absolute Gasteiger partial charge is 0.494 e. The Morgan fingerprint density at radius 2 is 2.11 bits per heavy atom. The van der Waals surface area contributed by atoms with E-state index in [4.69, 9.17) is 4.74 Å². The summed E-state index contributed by atoms with van der Waals surface area (Å²) in [6, 6.07) is 5.00. The molecular weight excluding hydrogens is 233 g/mol. The van der Waals surface area contributed by atoms with E-state index in [1.807, 2.05) is 13.1 Å². The highest BCUT2D eigenvalue weighted by Crippen LogP contribution is 2.17. The molecule has 0 aliphatic heterocycles. The lowest BCUT2D eigenvalue weighted by Gasteiger charge is -2.15. The van der Waals surface area contributed by atoms with Crippen LogP contribution >= 0.6 is 0 Å². The minimum Gasteiger partial charge on any atom is -0.494 e. The highest BCUT2D eigenvalue weighted by molar-refractivity contribution is 5.75. The minimum absolute atomic E-state index is 0.192. The molecule has 0 heterocycles. The van der Waals surface area contributed by atoms with Crippen LogP contribution in [0.2, 0.25) is 0 Å². The summed E-state index contributed by atoms with van der Waals surface area (Å²) in [7, 11) is 3.41. The molecule has 0 radical (unpaired) electrons. The first kappa shape index (κ1) is 14.6. The number of benzene rings is 1. The van der Waals surface area contributed by atoms with Crippen LogP contribution in [-0.4, -0.2) is 37.9 Å². The van der Waals surface area contributed by atoms with Crippen LogP contribution in [0.15, 0.2) is 18.2 Å². The number of likely N-dealkylation sites (N-methyl/N-ethyl adjacent to an activating group) is 1. The summed E-state index contributed by atoms with van der Waals surface area (Å²) in [5.41, 5.74) is 0.933. The molecule has 0 saturated carbocycles. The van der Waals surface area contributed by atoms with Crippen molar-refractivity contribution in [1.82, 2.24) is 4.90 Å². The van der Waals surface area contributed by atoms with Crippen LogP contribution in [0.25, 0.3) is 0 Å². The zero-order valence-electron chi connectivity index (χ0n) is 11.2. The maximum absolute atomic E-state index is 13.4. The summed E-state index contributed by atoms with van der Waals surface area (Å²) in [5, 5.41) is 0. The molecular formula is C14H20FNO2. The molecule has 0 fully saturated rings. The summed E-state index contributed by atoms with van der Waals surface area (Å²) >= 11 is 0. The lowest BCUT2D eigenvalue weighted by Crippen LogP contribution is -2.23. The molecule has 100 valence electrons. The van der Waals surface area contributed by atoms with Gasteiger partial charge in [-0.3, -0.25) is 4.79 Å². The van der Waals surface area contributed by atoms with Gasteiger partial charge in [0.05, 0.1) is 7.11 Å². The predicted octanol–water partition coefficient (Wildman–Crippen LogP) is 2.29. The third kappa shape index (κ3) is 4.84. The second-order valence-electron chi connectivity index (χ2n) is 4.47. The summed E-state index contributed by atoms with van der Waals surface area (Å²) < 4.78 is 18.3. The fourth-order valence-corrected chi connectivity index (χ4v) is 1.65. The van der Waals surface area contributed by atoms with Crippen molar-refractivity contribution in [2.45, 2.75) is 19.8 Å². The Hall–Kier alpha value is -1.42. The van der Waals surface area contributed by atoms with Crippen LogP contribution in [0.5, 0.6) is 5.75 Å². The molecule has 0 spiro atoms. The van der Waals surface area contributed by atoms with Crippen LogP contribution in [0.3, 0.4) is 0 Å². The molecule has 1 aromatic carbocycles. The van der Waals surface area contributed by atoms with Crippen LogP contribution in [-0.2, 0) is 11.2 Å². The quantitative estimate of drug-likeness (QED) is 0.746. The first-order valence-electron chi connectivity index (χ1n) is 6.03. The van der Waals surface area contributed by atoms with E-state index in [2.05, 4.69) is 4.90 Å². The molecule has 0 aromatic heterocycles. The Morgan fingerprint density at radius 1 is 1.39 bits per heavy atom. The molecule has 1 aromatic rings. The Kier molecular flexibility index (Phi) is 5.78. The number of ketones is 1. The van der Waals surface area contributed by atoms with E-state index < -0.39 is 0 Å². The van der Waals surface area contributed by atoms with Crippen molar-refractivity contribution in [3.8, 4) is 5.75 Å². The third-order valence-corrected chi connectivity index (χ3v) is 2.84. The fourth-order valence-electron chi connectivity index (χ4n) is 1.65. The number of Topliss-reactive ketones (excluding diaryl/α,β-unsaturated/α-hetero) is 1. The lowest BCUT2D eigenvalue weighted by atomic mass is 10.1. The Balaban J connectivity index is 2.43. The normalized spacial score (nSPS) is 10.7. The van der Waals surface area contributed by atoms with Crippen LogP contribution in [0.1, 0.15) is 18.9 Å². The van der Waals surface area contributed by atoms with E-state index in [0.717, 1.165) is 25.1 Å². The Labute approximate surface area is 108 Å². The summed E-state index contributed by atoms with van der Waals surface area (Å²) in [5.74, 6) is 0.127. The van der Waals surface area contributed by atoms with E-state index in [-0.39, 0.29) is 17.3 Å². The molecule has 1 rings (SSSR count). The van der Waals surface area contributed by atoms with Crippen molar-refractivity contribution < 1.29 is 13.9 Å². The fraction of sp³-hybridized carbons (Fsp3) is 0.500. The topological polar surface area (TPSA) is 29.5 Å². The van der Waals surface area contributed by atoms with Crippen LogP contribution in [0.4, 0.5) is 4.39 Å². The SMILES string of the molecule is COc1ccc(CCN(C)CCC(C)=O)cc1F. The number of nitrogens with zero attached hydrogens (tertiary/aromatic N) is 1. The standard InChI is InChI=1S/C14H20FNO2/c1-11(17)6-8-16(2)9-7-12-4-5-14(18-3)13(15)10-12/h4-5,10H,6-9H2,1-3H3. The van der Waals surface area contributed by atoms with Gasteiger partial charge in [-0.2, -0.15) is 0 Å². The predicted molar refractivity (Wildman–Crippen MR) is 69.5 cm³/mol. The van der Waals surface area contributed by atoms with E-state index in [1.165, 1.54) is 13.2 Å². The summed E-state index contributed by atoms with van der Waals surface area (Å²) in [6.45, 7) is 3.14. The highest BCUT2D eigenvalue weighted by Gasteiger charge is 2.05. The molecule has 0 N–H and O–H groups in total. The number of carbonyl (C=O) groups is 1. The van der Waals surface area contributed by atoms with Gasteiger partial charge in [0.2, 0.25) is 0 Å². The van der Waals surface area contributed by atoms with Gasteiger partial charge in [0.25, 0.3) is 0 Å². The number of carbonyl (C=O) groups excluding carboxylic acids is 1. The van der Waals surface area contributed by atoms with Gasteiger partial charge < -0.3 is 9.64 Å². The van der Waals surface area contributed by atoms with Crippen LogP contribution in [0, 0.1) is 5.82 Å². The van der Waals surface area contributed by atoms with Gasteiger partial charge in [0, 0.05) is 19.5 Å². The third-order valence-electron chi connectivity index (χ3n) is 2.84. The van der Waals surface area contributed by atoms with Gasteiger partial charge >= 0.3 is 0 Å². The maximum Gasteiger partial charge on any atom is 0.165 e. The maximum atomic E-state index is 13.4. The lowest BCUT2D eigenvalue weighted by molar-refractivity contribution is -0.117. The zero-order chi connectivity index (χ0) is 13.5.